The molecule has 0 aliphatic heterocycles. The molecule has 0 amide bonds. The predicted molar refractivity (Wildman–Crippen MR) is 167 cm³/mol. The molecule has 7 aromatic carbocycles. The maximum absolute atomic E-state index is 13.3. The lowest BCUT2D eigenvalue weighted by atomic mass is 9.87. The van der Waals surface area contributed by atoms with Gasteiger partial charge in [-0.2, -0.15) is 16.8 Å². The summed E-state index contributed by atoms with van der Waals surface area (Å²) >= 11 is 0. The summed E-state index contributed by atoms with van der Waals surface area (Å²) in [5, 5.41) is 3.38. The Balaban J connectivity index is 1.83. The average molecular weight is 591 g/mol. The first-order valence-corrected chi connectivity index (χ1v) is 16.0. The topological polar surface area (TPSA) is 109 Å². The van der Waals surface area contributed by atoms with Crippen LogP contribution in [-0.2, 0) is 20.2 Å². The second kappa shape index (κ2) is 9.47. The lowest BCUT2D eigenvalue weighted by Gasteiger charge is -2.21. The van der Waals surface area contributed by atoms with Crippen LogP contribution in [0.5, 0.6) is 0 Å². The van der Waals surface area contributed by atoms with Gasteiger partial charge in [-0.1, -0.05) is 121 Å². The lowest BCUT2D eigenvalue weighted by Crippen LogP contribution is -2.08. The lowest BCUT2D eigenvalue weighted by molar-refractivity contribution is 0.481. The van der Waals surface area contributed by atoms with Gasteiger partial charge >= 0.3 is 0 Å². The predicted octanol–water partition coefficient (Wildman–Crippen LogP) is 8.13. The summed E-state index contributed by atoms with van der Waals surface area (Å²) in [4.78, 5) is -0.851. The summed E-state index contributed by atoms with van der Waals surface area (Å²) < 4.78 is 74.6. The van der Waals surface area contributed by atoms with Gasteiger partial charge in [-0.05, 0) is 43.8 Å². The van der Waals surface area contributed by atoms with Crippen LogP contribution in [0.3, 0.4) is 0 Å². The molecule has 0 aliphatic rings. The van der Waals surface area contributed by atoms with Crippen molar-refractivity contribution >= 4 is 63.3 Å². The molecule has 6 nitrogen and oxygen atoms in total. The molecule has 7 aromatic rings. The molecule has 0 unspecified atom stereocenters. The van der Waals surface area contributed by atoms with E-state index in [0.29, 0.717) is 22.3 Å². The molecular weight excluding hydrogens is 569 g/mol. The number of benzene rings is 7. The van der Waals surface area contributed by atoms with Gasteiger partial charge < -0.3 is 0 Å². The first-order chi connectivity index (χ1) is 20.1. The van der Waals surface area contributed by atoms with E-state index in [4.69, 9.17) is 0 Å². The Morgan fingerprint density at radius 1 is 0.357 bits per heavy atom. The monoisotopic (exact) mass is 590 g/mol. The van der Waals surface area contributed by atoms with E-state index < -0.39 is 30.0 Å². The van der Waals surface area contributed by atoms with Crippen LogP contribution in [0.25, 0.3) is 65.3 Å². The molecular formula is C34H22O6S2. The Morgan fingerprint density at radius 3 is 1.07 bits per heavy atom. The third-order valence-electron chi connectivity index (χ3n) is 7.75. The van der Waals surface area contributed by atoms with E-state index in [2.05, 4.69) is 0 Å². The summed E-state index contributed by atoms with van der Waals surface area (Å²) in [6.07, 6.45) is 0. The van der Waals surface area contributed by atoms with E-state index in [-0.39, 0.29) is 21.5 Å². The molecule has 0 bridgehead atoms. The van der Waals surface area contributed by atoms with Crippen molar-refractivity contribution in [1.29, 1.82) is 0 Å². The summed E-state index contributed by atoms with van der Waals surface area (Å²) in [7, 11) is -9.84. The van der Waals surface area contributed by atoms with Gasteiger partial charge in [0.25, 0.3) is 20.2 Å². The first kappa shape index (κ1) is 26.3. The number of hydrogen-bond acceptors (Lipinski definition) is 4. The van der Waals surface area contributed by atoms with E-state index in [0.717, 1.165) is 21.5 Å². The third-order valence-corrected chi connectivity index (χ3v) is 9.63. The molecule has 0 aliphatic carbocycles. The van der Waals surface area contributed by atoms with Crippen molar-refractivity contribution in [3.8, 4) is 22.3 Å². The molecule has 7 rings (SSSR count). The Bertz CT molecular complexity index is 2280. The highest BCUT2D eigenvalue weighted by molar-refractivity contribution is 7.87. The van der Waals surface area contributed by atoms with Crippen molar-refractivity contribution < 1.29 is 25.9 Å². The van der Waals surface area contributed by atoms with E-state index >= 15 is 0 Å². The molecule has 0 atom stereocenters. The fraction of sp³-hybridized carbons (Fsp3) is 0. The van der Waals surface area contributed by atoms with Crippen molar-refractivity contribution in [3.05, 3.63) is 121 Å². The quantitative estimate of drug-likeness (QED) is 0.158. The molecule has 0 fully saturated rings. The van der Waals surface area contributed by atoms with Gasteiger partial charge in [0, 0.05) is 21.5 Å². The number of rotatable bonds is 4. The highest BCUT2D eigenvalue weighted by Gasteiger charge is 2.31. The van der Waals surface area contributed by atoms with Crippen molar-refractivity contribution in [2.24, 2.45) is 0 Å². The summed E-state index contributed by atoms with van der Waals surface area (Å²) in [5.74, 6) is 0. The standard InChI is InChI=1S/C34H22O6S2/c35-41(36,37)33-29-15-5-6-16-30(29)34(42(38,39)40)32-28(26-18-8-12-22-10-2-4-14-24(22)26)20-19-27(31(32)33)25-17-7-11-21-9-1-3-13-23(21)25/h1-20H,(H,35,36,37)(H,38,39,40). The molecule has 0 radical (unpaired) electrons. The second-order valence-corrected chi connectivity index (χ2v) is 12.8. The molecule has 2 N–H and O–H groups in total. The Hall–Kier alpha value is -4.60. The van der Waals surface area contributed by atoms with E-state index in [1.807, 2.05) is 84.9 Å². The van der Waals surface area contributed by atoms with Crippen molar-refractivity contribution in [2.45, 2.75) is 9.79 Å². The zero-order chi connectivity index (χ0) is 29.2. The number of hydrogen-bond donors (Lipinski definition) is 2. The smallest absolute Gasteiger partial charge is 0.282 e. The third kappa shape index (κ3) is 4.07. The Morgan fingerprint density at radius 2 is 0.690 bits per heavy atom. The zero-order valence-electron chi connectivity index (χ0n) is 21.9. The first-order valence-electron chi connectivity index (χ1n) is 13.1. The average Bonchev–Trinajstić information content (AvgIpc) is 2.97. The summed E-state index contributed by atoms with van der Waals surface area (Å²) in [5.41, 5.74) is 2.08. The minimum absolute atomic E-state index is 0.00520. The fourth-order valence-corrected chi connectivity index (χ4v) is 7.98. The SMILES string of the molecule is O=S(=O)(O)c1c2ccccc2c(S(=O)(=O)O)c2c(-c3cccc4ccccc34)ccc(-c3cccc4ccccc34)c12. The van der Waals surface area contributed by atoms with Gasteiger partial charge in [-0.15, -0.1) is 0 Å². The van der Waals surface area contributed by atoms with Crippen LogP contribution in [0.1, 0.15) is 0 Å². The molecule has 0 heterocycles. The van der Waals surface area contributed by atoms with Crippen LogP contribution in [0.2, 0.25) is 0 Å². The van der Waals surface area contributed by atoms with E-state index in [1.54, 1.807) is 24.3 Å². The Labute approximate surface area is 242 Å². The summed E-state index contributed by atoms with van der Waals surface area (Å²) in [6.45, 7) is 0. The normalized spacial score (nSPS) is 12.4. The highest BCUT2D eigenvalue weighted by Crippen LogP contribution is 2.48. The van der Waals surface area contributed by atoms with Gasteiger partial charge in [0.2, 0.25) is 0 Å². The number of fused-ring (bicyclic) bond motifs is 4. The van der Waals surface area contributed by atoms with Gasteiger partial charge in [0.15, 0.2) is 0 Å². The zero-order valence-corrected chi connectivity index (χ0v) is 23.5. The fourth-order valence-electron chi connectivity index (χ4n) is 6.13. The second-order valence-electron chi connectivity index (χ2n) is 10.1. The Kier molecular flexibility index (Phi) is 5.93. The maximum Gasteiger partial charge on any atom is 0.295 e. The molecule has 0 aromatic heterocycles. The van der Waals surface area contributed by atoms with Gasteiger partial charge in [0.05, 0.1) is 0 Å². The van der Waals surface area contributed by atoms with Gasteiger partial charge in [-0.3, -0.25) is 9.11 Å². The van der Waals surface area contributed by atoms with Gasteiger partial charge in [-0.25, -0.2) is 0 Å². The van der Waals surface area contributed by atoms with Gasteiger partial charge in [0.1, 0.15) is 9.79 Å². The molecule has 42 heavy (non-hydrogen) atoms. The summed E-state index contributed by atoms with van der Waals surface area (Å²) in [6, 6.07) is 35.8. The van der Waals surface area contributed by atoms with E-state index in [1.165, 1.54) is 12.1 Å². The molecule has 0 saturated carbocycles. The molecule has 0 saturated heterocycles. The van der Waals surface area contributed by atoms with Crippen LogP contribution < -0.4 is 0 Å². The minimum Gasteiger partial charge on any atom is -0.282 e. The van der Waals surface area contributed by atoms with Crippen LogP contribution in [0.4, 0.5) is 0 Å². The molecule has 0 spiro atoms. The molecule has 8 heteroatoms. The minimum atomic E-state index is -4.92. The van der Waals surface area contributed by atoms with Crippen molar-refractivity contribution in [1.82, 2.24) is 0 Å². The van der Waals surface area contributed by atoms with Crippen LogP contribution >= 0.6 is 0 Å². The van der Waals surface area contributed by atoms with Crippen LogP contribution in [-0.4, -0.2) is 25.9 Å². The molecule has 206 valence electrons. The van der Waals surface area contributed by atoms with E-state index in [9.17, 15) is 25.9 Å². The maximum atomic E-state index is 13.3. The van der Waals surface area contributed by atoms with Crippen molar-refractivity contribution in [2.75, 3.05) is 0 Å². The van der Waals surface area contributed by atoms with Crippen LogP contribution in [0, 0.1) is 0 Å². The van der Waals surface area contributed by atoms with Crippen LogP contribution in [0.15, 0.2) is 131 Å². The largest absolute Gasteiger partial charge is 0.295 e. The van der Waals surface area contributed by atoms with Crippen molar-refractivity contribution in [3.63, 3.8) is 0 Å². The highest BCUT2D eigenvalue weighted by atomic mass is 32.2.